The molecule has 0 aliphatic rings. The highest BCUT2D eigenvalue weighted by Gasteiger charge is 2.19. The van der Waals surface area contributed by atoms with Gasteiger partial charge in [-0.2, -0.15) is 0 Å². The molecule has 3 aromatic rings. The van der Waals surface area contributed by atoms with Gasteiger partial charge in [-0.3, -0.25) is 0 Å². The maximum absolute atomic E-state index is 15.3. The van der Waals surface area contributed by atoms with Crippen LogP contribution in [-0.4, -0.2) is 0 Å². The summed E-state index contributed by atoms with van der Waals surface area (Å²) in [7, 11) is 0. The molecule has 3 rings (SSSR count). The summed E-state index contributed by atoms with van der Waals surface area (Å²) in [6.45, 7) is 4.37. The van der Waals surface area contributed by atoms with Crippen LogP contribution in [0.15, 0.2) is 60.7 Å². The van der Waals surface area contributed by atoms with Crippen LogP contribution < -0.4 is 0 Å². The Balaban J connectivity index is 1.84. The first-order chi connectivity index (χ1) is 16.2. The normalized spacial score (nSPS) is 11.2. The van der Waals surface area contributed by atoms with Gasteiger partial charge in [0.2, 0.25) is 0 Å². The van der Waals surface area contributed by atoms with Gasteiger partial charge in [-0.25, -0.2) is 8.78 Å². The lowest BCUT2D eigenvalue weighted by Crippen LogP contribution is -2.04. The standard InChI is InChI=1S/C31H38F2/c1-3-5-7-8-9-14-18-28-27(17-11-6-4-2)23-29(31(33)30(28)32)26-21-19-25(20-22-26)24-15-12-10-13-16-24/h10,12-13,15-16,19-23H,3-9,11,14,17-18H2,1-2H3. The van der Waals surface area contributed by atoms with Crippen LogP contribution in [0.3, 0.4) is 0 Å². The summed E-state index contributed by atoms with van der Waals surface area (Å²) < 4.78 is 30.6. The quantitative estimate of drug-likeness (QED) is 0.228. The molecule has 0 unspecified atom stereocenters. The number of hydrogen-bond acceptors (Lipinski definition) is 0. The lowest BCUT2D eigenvalue weighted by molar-refractivity contribution is 0.494. The Kier molecular flexibility index (Phi) is 10.1. The molecule has 0 heterocycles. The fourth-order valence-electron chi connectivity index (χ4n) is 4.54. The first-order valence-corrected chi connectivity index (χ1v) is 12.8. The van der Waals surface area contributed by atoms with Gasteiger partial charge >= 0.3 is 0 Å². The van der Waals surface area contributed by atoms with Gasteiger partial charge in [0.25, 0.3) is 0 Å². The molecule has 0 saturated heterocycles. The number of halogens is 2. The highest BCUT2D eigenvalue weighted by molar-refractivity contribution is 5.71. The van der Waals surface area contributed by atoms with Crippen molar-refractivity contribution in [3.63, 3.8) is 0 Å². The van der Waals surface area contributed by atoms with Crippen molar-refractivity contribution in [2.75, 3.05) is 0 Å². The Labute approximate surface area is 199 Å². The molecule has 0 fully saturated rings. The molecule has 0 amide bonds. The fraction of sp³-hybridized carbons (Fsp3) is 0.419. The second-order valence-corrected chi connectivity index (χ2v) is 9.11. The molecule has 0 bridgehead atoms. The summed E-state index contributed by atoms with van der Waals surface area (Å²) in [5.74, 6) is -1.35. The molecular weight excluding hydrogens is 410 g/mol. The van der Waals surface area contributed by atoms with Gasteiger partial charge in [0, 0.05) is 5.56 Å². The average molecular weight is 449 g/mol. The van der Waals surface area contributed by atoms with E-state index in [9.17, 15) is 0 Å². The van der Waals surface area contributed by atoms with Crippen molar-refractivity contribution in [3.05, 3.63) is 83.4 Å². The lowest BCUT2D eigenvalue weighted by atomic mass is 9.91. The van der Waals surface area contributed by atoms with Gasteiger partial charge in [-0.15, -0.1) is 0 Å². The maximum Gasteiger partial charge on any atom is 0.166 e. The Hall–Kier alpha value is -2.48. The van der Waals surface area contributed by atoms with Crippen molar-refractivity contribution in [1.29, 1.82) is 0 Å². The Bertz CT molecular complexity index is 974. The van der Waals surface area contributed by atoms with Crippen molar-refractivity contribution in [1.82, 2.24) is 0 Å². The molecule has 0 spiro atoms. The smallest absolute Gasteiger partial charge is 0.166 e. The molecule has 3 aromatic carbocycles. The Morgan fingerprint density at radius 2 is 1.09 bits per heavy atom. The van der Waals surface area contributed by atoms with E-state index < -0.39 is 11.6 Å². The largest absolute Gasteiger partial charge is 0.203 e. The summed E-state index contributed by atoms with van der Waals surface area (Å²) in [6, 6.07) is 19.8. The van der Waals surface area contributed by atoms with Crippen LogP contribution >= 0.6 is 0 Å². The minimum absolute atomic E-state index is 0.380. The van der Waals surface area contributed by atoms with Crippen LogP contribution in [0.1, 0.15) is 82.8 Å². The summed E-state index contributed by atoms with van der Waals surface area (Å²) in [4.78, 5) is 0. The van der Waals surface area contributed by atoms with E-state index in [1.54, 1.807) is 0 Å². The Morgan fingerprint density at radius 1 is 0.545 bits per heavy atom. The number of hydrogen-bond donors (Lipinski definition) is 0. The molecule has 0 aromatic heterocycles. The van der Waals surface area contributed by atoms with Crippen LogP contribution in [-0.2, 0) is 12.8 Å². The van der Waals surface area contributed by atoms with E-state index in [2.05, 4.69) is 26.0 Å². The molecule has 0 saturated carbocycles. The maximum atomic E-state index is 15.3. The monoisotopic (exact) mass is 448 g/mol. The summed E-state index contributed by atoms with van der Waals surface area (Å²) >= 11 is 0. The molecule has 33 heavy (non-hydrogen) atoms. The molecule has 0 aliphatic heterocycles. The molecule has 0 N–H and O–H groups in total. The van der Waals surface area contributed by atoms with Crippen LogP contribution in [0.4, 0.5) is 8.78 Å². The third-order valence-electron chi connectivity index (χ3n) is 6.53. The van der Waals surface area contributed by atoms with Gasteiger partial charge < -0.3 is 0 Å². The molecule has 2 heteroatoms. The van der Waals surface area contributed by atoms with E-state index in [4.69, 9.17) is 0 Å². The summed E-state index contributed by atoms with van der Waals surface area (Å²) in [6.07, 6.45) is 11.6. The third-order valence-corrected chi connectivity index (χ3v) is 6.53. The lowest BCUT2D eigenvalue weighted by Gasteiger charge is -2.16. The van der Waals surface area contributed by atoms with Crippen LogP contribution in [0.25, 0.3) is 22.3 Å². The van der Waals surface area contributed by atoms with Crippen LogP contribution in [0.2, 0.25) is 0 Å². The minimum Gasteiger partial charge on any atom is -0.203 e. The van der Waals surface area contributed by atoms with Crippen molar-refractivity contribution >= 4 is 0 Å². The van der Waals surface area contributed by atoms with Crippen molar-refractivity contribution in [3.8, 4) is 22.3 Å². The molecule has 0 nitrogen and oxygen atoms in total. The Morgan fingerprint density at radius 3 is 1.79 bits per heavy atom. The first-order valence-electron chi connectivity index (χ1n) is 12.8. The topological polar surface area (TPSA) is 0 Å². The molecule has 176 valence electrons. The predicted molar refractivity (Wildman–Crippen MR) is 138 cm³/mol. The van der Waals surface area contributed by atoms with Crippen LogP contribution in [0.5, 0.6) is 0 Å². The van der Waals surface area contributed by atoms with E-state index in [-0.39, 0.29) is 0 Å². The molecular formula is C31H38F2. The minimum atomic E-state index is -0.706. The summed E-state index contributed by atoms with van der Waals surface area (Å²) in [5.41, 5.74) is 4.88. The zero-order valence-corrected chi connectivity index (χ0v) is 20.3. The molecule has 0 aliphatic carbocycles. The van der Waals surface area contributed by atoms with E-state index >= 15 is 8.78 Å². The highest BCUT2D eigenvalue weighted by Crippen LogP contribution is 2.32. The highest BCUT2D eigenvalue weighted by atomic mass is 19.2. The number of aryl methyl sites for hydroxylation is 1. The van der Waals surface area contributed by atoms with Crippen molar-refractivity contribution < 1.29 is 8.78 Å². The van der Waals surface area contributed by atoms with E-state index in [0.717, 1.165) is 60.8 Å². The van der Waals surface area contributed by atoms with Gasteiger partial charge in [-0.1, -0.05) is 113 Å². The SMILES string of the molecule is CCCCCCCCc1c(CCCCC)cc(-c2ccc(-c3ccccc3)cc2)c(F)c1F. The van der Waals surface area contributed by atoms with E-state index in [0.29, 0.717) is 17.5 Å². The van der Waals surface area contributed by atoms with Gasteiger partial charge in [0.05, 0.1) is 0 Å². The number of unbranched alkanes of at least 4 members (excludes halogenated alkanes) is 7. The summed E-state index contributed by atoms with van der Waals surface area (Å²) in [5, 5.41) is 0. The zero-order chi connectivity index (χ0) is 23.5. The number of benzene rings is 3. The second-order valence-electron chi connectivity index (χ2n) is 9.11. The van der Waals surface area contributed by atoms with Gasteiger partial charge in [-0.05, 0) is 59.6 Å². The first kappa shape index (κ1) is 25.1. The number of rotatable bonds is 13. The fourth-order valence-corrected chi connectivity index (χ4v) is 4.54. The van der Waals surface area contributed by atoms with Crippen LogP contribution in [0, 0.1) is 11.6 Å². The van der Waals surface area contributed by atoms with Gasteiger partial charge in [0.1, 0.15) is 0 Å². The van der Waals surface area contributed by atoms with E-state index in [1.165, 1.54) is 25.7 Å². The van der Waals surface area contributed by atoms with Crippen molar-refractivity contribution in [2.24, 2.45) is 0 Å². The average Bonchev–Trinajstić information content (AvgIpc) is 2.85. The van der Waals surface area contributed by atoms with E-state index in [1.807, 2.05) is 48.5 Å². The van der Waals surface area contributed by atoms with Gasteiger partial charge in [0.15, 0.2) is 11.6 Å². The van der Waals surface area contributed by atoms with Crippen molar-refractivity contribution in [2.45, 2.75) is 84.5 Å². The second kappa shape index (κ2) is 13.3. The predicted octanol–water partition coefficient (Wildman–Crippen LogP) is 9.93. The molecule has 0 atom stereocenters. The zero-order valence-electron chi connectivity index (χ0n) is 20.3. The third kappa shape index (κ3) is 7.00. The molecule has 0 radical (unpaired) electrons.